The van der Waals surface area contributed by atoms with E-state index in [1.807, 2.05) is 82.1 Å². The third-order valence-corrected chi connectivity index (χ3v) is 3.98. The van der Waals surface area contributed by atoms with Gasteiger partial charge in [0.1, 0.15) is 5.84 Å². The van der Waals surface area contributed by atoms with E-state index in [-0.39, 0.29) is 0 Å². The van der Waals surface area contributed by atoms with Crippen LogP contribution in [-0.2, 0) is 0 Å². The molecule has 0 saturated heterocycles. The Morgan fingerprint density at radius 1 is 0.963 bits per heavy atom. The monoisotopic (exact) mass is 390 g/mol. The fourth-order valence-electron chi connectivity index (χ4n) is 2.50. The number of hydrogen-bond donors (Lipinski definition) is 2. The number of halogens is 1. The minimum absolute atomic E-state index is 0.521. The molecular formula is C21H31ClN4O. The normalized spacial score (nSPS) is 11.4. The first kappa shape index (κ1) is 23.0. The summed E-state index contributed by atoms with van der Waals surface area (Å²) >= 11 is 6.12. The topological polar surface area (TPSA) is 51.1 Å². The third kappa shape index (κ3) is 6.24. The maximum absolute atomic E-state index is 9.38. The lowest BCUT2D eigenvalue weighted by Crippen LogP contribution is -2.34. The number of nitrogens with zero attached hydrogens (tertiary/aromatic N) is 3. The molecule has 5 nitrogen and oxygen atoms in total. The number of anilines is 2. The zero-order chi connectivity index (χ0) is 20.4. The van der Waals surface area contributed by atoms with Gasteiger partial charge in [-0.3, -0.25) is 0 Å². The predicted octanol–water partition coefficient (Wildman–Crippen LogP) is 5.78. The molecule has 27 heavy (non-hydrogen) atoms. The summed E-state index contributed by atoms with van der Waals surface area (Å²) in [5.74, 6) is 0.843. The Morgan fingerprint density at radius 3 is 2.30 bits per heavy atom. The maximum atomic E-state index is 9.38. The highest BCUT2D eigenvalue weighted by molar-refractivity contribution is 6.31. The predicted molar refractivity (Wildman–Crippen MR) is 117 cm³/mol. The van der Waals surface area contributed by atoms with Crippen LogP contribution in [0.1, 0.15) is 33.3 Å². The average Bonchev–Trinajstić information content (AvgIpc) is 2.85. The summed E-state index contributed by atoms with van der Waals surface area (Å²) in [5, 5.41) is 14.6. The second kappa shape index (κ2) is 11.6. The average molecular weight is 391 g/mol. The van der Waals surface area contributed by atoms with Crippen molar-refractivity contribution >= 4 is 34.5 Å². The Balaban J connectivity index is 0.000000855. The van der Waals surface area contributed by atoms with E-state index in [1.54, 1.807) is 7.05 Å². The van der Waals surface area contributed by atoms with Crippen molar-refractivity contribution in [1.82, 2.24) is 9.96 Å². The summed E-state index contributed by atoms with van der Waals surface area (Å²) in [7, 11) is 3.60. The summed E-state index contributed by atoms with van der Waals surface area (Å²) in [6.07, 6.45) is 0. The molecule has 0 aliphatic carbocycles. The van der Waals surface area contributed by atoms with E-state index in [4.69, 9.17) is 16.6 Å². The van der Waals surface area contributed by atoms with Gasteiger partial charge in [-0.2, -0.15) is 5.06 Å². The molecule has 0 aromatic heterocycles. The van der Waals surface area contributed by atoms with Crippen LogP contribution in [0.15, 0.2) is 47.5 Å². The number of aliphatic imine (C=N–C) groups is 1. The van der Waals surface area contributed by atoms with Crippen LogP contribution in [0.2, 0.25) is 5.02 Å². The van der Waals surface area contributed by atoms with E-state index in [0.29, 0.717) is 18.1 Å². The van der Waals surface area contributed by atoms with Crippen LogP contribution in [0.5, 0.6) is 0 Å². The number of fused-ring (bicyclic) bond motifs is 2. The first-order valence-corrected chi connectivity index (χ1v) is 9.78. The van der Waals surface area contributed by atoms with Crippen LogP contribution in [-0.4, -0.2) is 48.2 Å². The minimum Gasteiger partial charge on any atom is -0.358 e. The van der Waals surface area contributed by atoms with Gasteiger partial charge in [-0.25, -0.2) is 4.99 Å². The van der Waals surface area contributed by atoms with E-state index < -0.39 is 0 Å². The Hall–Kier alpha value is -2.08. The molecular weight excluding hydrogens is 360 g/mol. The van der Waals surface area contributed by atoms with Crippen LogP contribution in [0.3, 0.4) is 0 Å². The van der Waals surface area contributed by atoms with Gasteiger partial charge in [0.25, 0.3) is 0 Å². The smallest absolute Gasteiger partial charge is 0.138 e. The largest absolute Gasteiger partial charge is 0.358 e. The van der Waals surface area contributed by atoms with E-state index in [0.717, 1.165) is 28.5 Å². The number of rotatable bonds is 3. The lowest BCUT2D eigenvalue weighted by atomic mass is 10.1. The van der Waals surface area contributed by atoms with Gasteiger partial charge in [0.2, 0.25) is 0 Å². The fraction of sp³-hybridized carbons (Fsp3) is 0.381. The molecule has 0 amide bonds. The summed E-state index contributed by atoms with van der Waals surface area (Å²) in [4.78, 5) is 6.85. The Kier molecular flexibility index (Phi) is 9.86. The number of hydroxylamine groups is 2. The van der Waals surface area contributed by atoms with Gasteiger partial charge in [-0.05, 0) is 30.3 Å². The Bertz CT molecular complexity index is 747. The first-order valence-electron chi connectivity index (χ1n) is 9.40. The summed E-state index contributed by atoms with van der Waals surface area (Å²) < 4.78 is 0. The highest BCUT2D eigenvalue weighted by atomic mass is 35.5. The van der Waals surface area contributed by atoms with Crippen molar-refractivity contribution in [2.45, 2.75) is 27.7 Å². The summed E-state index contributed by atoms with van der Waals surface area (Å²) in [6, 6.07) is 13.7. The van der Waals surface area contributed by atoms with Gasteiger partial charge < -0.3 is 15.4 Å². The van der Waals surface area contributed by atoms with Gasteiger partial charge in [0.15, 0.2) is 0 Å². The molecule has 0 saturated carbocycles. The molecule has 148 valence electrons. The quantitative estimate of drug-likeness (QED) is 0.652. The second-order valence-corrected chi connectivity index (χ2v) is 6.01. The zero-order valence-corrected chi connectivity index (χ0v) is 17.9. The van der Waals surface area contributed by atoms with E-state index in [2.05, 4.69) is 5.32 Å². The van der Waals surface area contributed by atoms with Crippen LogP contribution < -0.4 is 5.32 Å². The van der Waals surface area contributed by atoms with Crippen molar-refractivity contribution in [3.05, 3.63) is 53.1 Å². The number of likely N-dealkylation sites (N-methyl/N-ethyl adjacent to an activating group) is 2. The number of benzene rings is 2. The molecule has 1 aliphatic rings. The van der Waals surface area contributed by atoms with Crippen LogP contribution in [0.4, 0.5) is 17.1 Å². The standard InChI is InChI=1S/C17H19ClN4O.2C2H6/c1-21(9-10-22(2)23)17-13-5-3-4-6-14(13)19-15-8-7-12(18)11-16(15)20-17;2*1-2/h3-8,11,19,23H,9-10H2,1-2H3;2*1-2H3. The molecule has 0 radical (unpaired) electrons. The van der Waals surface area contributed by atoms with E-state index in [1.165, 1.54) is 5.06 Å². The first-order chi connectivity index (χ1) is 13.0. The number of hydrogen-bond acceptors (Lipinski definition) is 5. The molecule has 0 spiro atoms. The second-order valence-electron chi connectivity index (χ2n) is 5.57. The molecule has 0 bridgehead atoms. The summed E-state index contributed by atoms with van der Waals surface area (Å²) in [6.45, 7) is 9.17. The molecule has 0 unspecified atom stereocenters. The number of nitrogens with one attached hydrogen (secondary N) is 1. The van der Waals surface area contributed by atoms with Crippen LogP contribution in [0.25, 0.3) is 0 Å². The van der Waals surface area contributed by atoms with Crippen molar-refractivity contribution in [2.75, 3.05) is 32.5 Å². The molecule has 2 aromatic carbocycles. The lowest BCUT2D eigenvalue weighted by Gasteiger charge is -2.23. The zero-order valence-electron chi connectivity index (χ0n) is 17.1. The number of para-hydroxylation sites is 1. The van der Waals surface area contributed by atoms with Crippen LogP contribution >= 0.6 is 11.6 Å². The van der Waals surface area contributed by atoms with Crippen molar-refractivity contribution < 1.29 is 5.21 Å². The highest BCUT2D eigenvalue weighted by Gasteiger charge is 2.19. The highest BCUT2D eigenvalue weighted by Crippen LogP contribution is 2.36. The molecule has 2 aromatic rings. The van der Waals surface area contributed by atoms with Gasteiger partial charge in [0, 0.05) is 43.5 Å². The van der Waals surface area contributed by atoms with Gasteiger partial charge in [-0.1, -0.05) is 51.4 Å². The summed E-state index contributed by atoms with van der Waals surface area (Å²) in [5.41, 5.74) is 3.73. The molecule has 3 rings (SSSR count). The van der Waals surface area contributed by atoms with Crippen molar-refractivity contribution in [2.24, 2.45) is 4.99 Å². The van der Waals surface area contributed by atoms with Crippen molar-refractivity contribution in [3.63, 3.8) is 0 Å². The van der Waals surface area contributed by atoms with E-state index in [9.17, 15) is 5.21 Å². The van der Waals surface area contributed by atoms with Gasteiger partial charge >= 0.3 is 0 Å². The molecule has 1 aliphatic heterocycles. The van der Waals surface area contributed by atoms with Crippen molar-refractivity contribution in [1.29, 1.82) is 0 Å². The lowest BCUT2D eigenvalue weighted by molar-refractivity contribution is -0.0659. The van der Waals surface area contributed by atoms with E-state index >= 15 is 0 Å². The fourth-order valence-corrected chi connectivity index (χ4v) is 2.67. The molecule has 1 heterocycles. The maximum Gasteiger partial charge on any atom is 0.138 e. The van der Waals surface area contributed by atoms with Crippen molar-refractivity contribution in [3.8, 4) is 0 Å². The Morgan fingerprint density at radius 2 is 1.63 bits per heavy atom. The molecule has 2 N–H and O–H groups in total. The molecule has 6 heteroatoms. The van der Waals surface area contributed by atoms with Crippen LogP contribution in [0, 0.1) is 0 Å². The minimum atomic E-state index is 0.521. The van der Waals surface area contributed by atoms with Gasteiger partial charge in [-0.15, -0.1) is 0 Å². The number of amidine groups is 1. The molecule has 0 fully saturated rings. The SMILES string of the molecule is CC.CC.CN(O)CCN(C)C1=Nc2cc(Cl)ccc2Nc2ccccc21. The Labute approximate surface area is 168 Å². The molecule has 0 atom stereocenters. The van der Waals surface area contributed by atoms with Gasteiger partial charge in [0.05, 0.1) is 11.4 Å². The third-order valence-electron chi connectivity index (χ3n) is 3.74.